The average Bonchev–Trinajstić information content (AvgIpc) is 2.85. The third-order valence-electron chi connectivity index (χ3n) is 2.76. The lowest BCUT2D eigenvalue weighted by Gasteiger charge is -2.05. The third-order valence-corrected chi connectivity index (χ3v) is 3.81. The maximum absolute atomic E-state index is 5.80. The maximum atomic E-state index is 5.80. The smallest absolute Gasteiger partial charge is 0.212 e. The summed E-state index contributed by atoms with van der Waals surface area (Å²) in [5.74, 6) is 0.783. The van der Waals surface area contributed by atoms with Crippen LogP contribution in [0.1, 0.15) is 16.4 Å². The zero-order valence-corrected chi connectivity index (χ0v) is 12.1. The van der Waals surface area contributed by atoms with Gasteiger partial charge >= 0.3 is 0 Å². The van der Waals surface area contributed by atoms with E-state index < -0.39 is 0 Å². The molecule has 0 spiro atoms. The van der Waals surface area contributed by atoms with Crippen molar-refractivity contribution in [3.8, 4) is 0 Å². The number of nitrogens with one attached hydrogen (secondary N) is 1. The van der Waals surface area contributed by atoms with Gasteiger partial charge in [0.25, 0.3) is 0 Å². The number of rotatable bonds is 3. The van der Waals surface area contributed by atoms with Crippen LogP contribution in [-0.4, -0.2) is 19.6 Å². The summed E-state index contributed by atoms with van der Waals surface area (Å²) >= 11 is 7.40. The minimum absolute atomic E-state index is 0.628. The third kappa shape index (κ3) is 2.41. The van der Waals surface area contributed by atoms with Crippen molar-refractivity contribution in [2.24, 2.45) is 0 Å². The molecule has 1 N–H and O–H groups in total. The Bertz CT molecular complexity index is 716. The molecule has 3 aromatic heterocycles. The fourth-order valence-electron chi connectivity index (χ4n) is 1.84. The van der Waals surface area contributed by atoms with Gasteiger partial charge in [-0.1, -0.05) is 22.9 Å². The van der Waals surface area contributed by atoms with Crippen LogP contribution in [0.15, 0.2) is 18.3 Å². The number of nitrogens with zero attached hydrogens (tertiary/aromatic N) is 4. The van der Waals surface area contributed by atoms with E-state index in [1.54, 1.807) is 17.5 Å². The summed E-state index contributed by atoms with van der Waals surface area (Å²) in [6.07, 6.45) is 1.62. The summed E-state index contributed by atoms with van der Waals surface area (Å²) in [4.78, 5) is 9.63. The van der Waals surface area contributed by atoms with Crippen molar-refractivity contribution in [3.05, 3.63) is 39.7 Å². The van der Waals surface area contributed by atoms with Gasteiger partial charge in [0.2, 0.25) is 4.96 Å². The number of aryl methyl sites for hydroxylation is 2. The molecule has 5 nitrogen and oxygen atoms in total. The Kier molecular flexibility index (Phi) is 3.12. The van der Waals surface area contributed by atoms with Crippen molar-refractivity contribution in [2.75, 3.05) is 5.32 Å². The molecule has 0 aliphatic rings. The van der Waals surface area contributed by atoms with E-state index >= 15 is 0 Å². The number of pyridine rings is 1. The molecule has 0 radical (unpaired) electrons. The van der Waals surface area contributed by atoms with Gasteiger partial charge in [0.15, 0.2) is 0 Å². The number of hydrogen-bond donors (Lipinski definition) is 1. The highest BCUT2D eigenvalue weighted by Crippen LogP contribution is 2.19. The average molecular weight is 294 g/mol. The Balaban J connectivity index is 1.84. The Morgan fingerprint density at radius 2 is 2.21 bits per heavy atom. The molecule has 0 bridgehead atoms. The van der Waals surface area contributed by atoms with E-state index in [1.165, 1.54) is 0 Å². The largest absolute Gasteiger partial charge is 0.364 e. The molecule has 98 valence electrons. The highest BCUT2D eigenvalue weighted by atomic mass is 35.5. The number of anilines is 1. The second-order valence-electron chi connectivity index (χ2n) is 4.17. The van der Waals surface area contributed by atoms with Crippen molar-refractivity contribution < 1.29 is 0 Å². The quantitative estimate of drug-likeness (QED) is 0.806. The zero-order valence-electron chi connectivity index (χ0n) is 10.5. The fourth-order valence-corrected chi connectivity index (χ4v) is 2.76. The van der Waals surface area contributed by atoms with Crippen LogP contribution in [-0.2, 0) is 6.54 Å². The molecule has 0 fully saturated rings. The maximum Gasteiger partial charge on any atom is 0.212 e. The number of fused-ring (bicyclic) bond motifs is 1. The molecule has 0 saturated heterocycles. The highest BCUT2D eigenvalue weighted by molar-refractivity contribution is 7.16. The first-order chi connectivity index (χ1) is 9.13. The van der Waals surface area contributed by atoms with Gasteiger partial charge in [0.1, 0.15) is 10.8 Å². The predicted molar refractivity (Wildman–Crippen MR) is 76.9 cm³/mol. The molecule has 3 heterocycles. The molecule has 7 heteroatoms. The van der Waals surface area contributed by atoms with Gasteiger partial charge in [-0.25, -0.2) is 14.5 Å². The van der Waals surface area contributed by atoms with Gasteiger partial charge in [-0.2, -0.15) is 5.10 Å². The van der Waals surface area contributed by atoms with Gasteiger partial charge in [-0.15, -0.1) is 0 Å². The molecule has 0 unspecified atom stereocenters. The van der Waals surface area contributed by atoms with E-state index in [0.717, 1.165) is 27.2 Å². The molecule has 0 saturated carbocycles. The zero-order chi connectivity index (χ0) is 13.4. The van der Waals surface area contributed by atoms with Crippen LogP contribution in [0.4, 0.5) is 5.82 Å². The highest BCUT2D eigenvalue weighted by Gasteiger charge is 2.12. The van der Waals surface area contributed by atoms with Crippen molar-refractivity contribution in [1.82, 2.24) is 19.6 Å². The summed E-state index contributed by atoms with van der Waals surface area (Å²) < 4.78 is 1.89. The Morgan fingerprint density at radius 3 is 2.95 bits per heavy atom. The lowest BCUT2D eigenvalue weighted by molar-refractivity contribution is 0.861. The van der Waals surface area contributed by atoms with Crippen LogP contribution < -0.4 is 5.32 Å². The van der Waals surface area contributed by atoms with E-state index in [9.17, 15) is 0 Å². The topological polar surface area (TPSA) is 55.1 Å². The normalized spacial score (nSPS) is 11.1. The summed E-state index contributed by atoms with van der Waals surface area (Å²) in [6.45, 7) is 4.60. The standard InChI is InChI=1S/C12H12ClN5S/c1-7-10(18-12(16-7)19-8(2)17-18)6-15-11-4-3-9(13)5-14-11/h3-5H,6H2,1-2H3,(H,14,15). The molecule has 3 aromatic rings. The molecule has 3 rings (SSSR count). The molecule has 0 atom stereocenters. The van der Waals surface area contributed by atoms with Crippen molar-refractivity contribution in [2.45, 2.75) is 20.4 Å². The first kappa shape index (κ1) is 12.4. The first-order valence-corrected chi connectivity index (χ1v) is 7.00. The lowest BCUT2D eigenvalue weighted by Crippen LogP contribution is -2.05. The molecule has 0 amide bonds. The fraction of sp³-hybridized carbons (Fsp3) is 0.250. The molecule has 0 aliphatic heterocycles. The summed E-state index contributed by atoms with van der Waals surface area (Å²) in [6, 6.07) is 3.66. The summed E-state index contributed by atoms with van der Waals surface area (Å²) in [5, 5.41) is 9.34. The molecular weight excluding hydrogens is 282 g/mol. The Morgan fingerprint density at radius 1 is 1.37 bits per heavy atom. The summed E-state index contributed by atoms with van der Waals surface area (Å²) in [5.41, 5.74) is 2.04. The SMILES string of the molecule is Cc1nn2c(CNc3ccc(Cl)cn3)c(C)nc2s1. The molecule has 19 heavy (non-hydrogen) atoms. The Hall–Kier alpha value is -1.66. The van der Waals surface area contributed by atoms with Crippen LogP contribution in [0.25, 0.3) is 4.96 Å². The van der Waals surface area contributed by atoms with Crippen LogP contribution in [0.2, 0.25) is 5.02 Å². The van der Waals surface area contributed by atoms with E-state index in [0.29, 0.717) is 11.6 Å². The number of hydrogen-bond acceptors (Lipinski definition) is 5. The first-order valence-electron chi connectivity index (χ1n) is 5.80. The van der Waals surface area contributed by atoms with Crippen LogP contribution >= 0.6 is 22.9 Å². The van der Waals surface area contributed by atoms with E-state index in [4.69, 9.17) is 11.6 Å². The number of imidazole rings is 1. The predicted octanol–water partition coefficient (Wildman–Crippen LogP) is 3.07. The van der Waals surface area contributed by atoms with Crippen molar-refractivity contribution >= 4 is 33.7 Å². The van der Waals surface area contributed by atoms with E-state index in [2.05, 4.69) is 20.4 Å². The van der Waals surface area contributed by atoms with Gasteiger partial charge < -0.3 is 5.32 Å². The lowest BCUT2D eigenvalue weighted by atomic mass is 10.3. The van der Waals surface area contributed by atoms with E-state index in [1.807, 2.05) is 30.5 Å². The van der Waals surface area contributed by atoms with Crippen molar-refractivity contribution in [3.63, 3.8) is 0 Å². The number of halogens is 1. The van der Waals surface area contributed by atoms with Gasteiger partial charge in [0, 0.05) is 6.20 Å². The second-order valence-corrected chi connectivity index (χ2v) is 5.77. The van der Waals surface area contributed by atoms with Gasteiger partial charge in [-0.3, -0.25) is 0 Å². The minimum atomic E-state index is 0.628. The van der Waals surface area contributed by atoms with Gasteiger partial charge in [0.05, 0.1) is 23.0 Å². The summed E-state index contributed by atoms with van der Waals surface area (Å²) in [7, 11) is 0. The molecule has 0 aliphatic carbocycles. The van der Waals surface area contributed by atoms with Crippen molar-refractivity contribution in [1.29, 1.82) is 0 Å². The van der Waals surface area contributed by atoms with Crippen LogP contribution in [0.3, 0.4) is 0 Å². The van der Waals surface area contributed by atoms with E-state index in [-0.39, 0.29) is 0 Å². The molecule has 0 aromatic carbocycles. The monoisotopic (exact) mass is 293 g/mol. The number of aromatic nitrogens is 4. The van der Waals surface area contributed by atoms with Crippen LogP contribution in [0.5, 0.6) is 0 Å². The van der Waals surface area contributed by atoms with Gasteiger partial charge in [-0.05, 0) is 26.0 Å². The Labute approximate surface area is 119 Å². The molecular formula is C12H12ClN5S. The minimum Gasteiger partial charge on any atom is -0.364 e. The van der Waals surface area contributed by atoms with Crippen LogP contribution in [0, 0.1) is 13.8 Å². The second kappa shape index (κ2) is 4.79.